The van der Waals surface area contributed by atoms with Crippen LogP contribution >= 0.6 is 0 Å². The maximum Gasteiger partial charge on any atom is 0.138 e. The van der Waals surface area contributed by atoms with Crippen molar-refractivity contribution in [2.24, 2.45) is 0 Å². The third-order valence-electron chi connectivity index (χ3n) is 9.25. The standard InChI is InChI=1S/C44H32N2O/c1-5-17-31(18-6-1)45(32-19-7-2-8-20-32)39-29-41-43(37-27-15-13-25-35(37)39)44-38-28-16-14-26-36(38)40(30-42(44)47-41)46(33-21-9-3-10-22-33)34-23-11-4-12-24-34/h1-11,13-23,25-30H,12,24H2. The molecule has 0 radical (unpaired) electrons. The minimum Gasteiger partial charge on any atom is -0.456 e. The summed E-state index contributed by atoms with van der Waals surface area (Å²) in [5, 5.41) is 7.04. The highest BCUT2D eigenvalue weighted by molar-refractivity contribution is 6.30. The summed E-state index contributed by atoms with van der Waals surface area (Å²) in [6, 6.07) is 53.9. The minimum atomic E-state index is 0.874. The zero-order valence-corrected chi connectivity index (χ0v) is 25.9. The van der Waals surface area contributed by atoms with Gasteiger partial charge in [0.1, 0.15) is 11.2 Å². The van der Waals surface area contributed by atoms with Gasteiger partial charge in [0.05, 0.1) is 11.4 Å². The fourth-order valence-electron chi connectivity index (χ4n) is 7.22. The molecule has 0 bridgehead atoms. The predicted octanol–water partition coefficient (Wildman–Crippen LogP) is 12.7. The van der Waals surface area contributed by atoms with E-state index in [2.05, 4.69) is 180 Å². The lowest BCUT2D eigenvalue weighted by Crippen LogP contribution is -2.17. The highest BCUT2D eigenvalue weighted by Crippen LogP contribution is 2.48. The van der Waals surface area contributed by atoms with Crippen LogP contribution in [0, 0.1) is 0 Å². The average molecular weight is 605 g/mol. The fourth-order valence-corrected chi connectivity index (χ4v) is 7.22. The van der Waals surface area contributed by atoms with Crippen LogP contribution in [-0.4, -0.2) is 0 Å². The summed E-state index contributed by atoms with van der Waals surface area (Å²) in [4.78, 5) is 4.74. The minimum absolute atomic E-state index is 0.874. The number of hydrogen-bond donors (Lipinski definition) is 0. The average Bonchev–Trinajstić information content (AvgIpc) is 3.52. The van der Waals surface area contributed by atoms with Crippen molar-refractivity contribution >= 4 is 71.9 Å². The van der Waals surface area contributed by atoms with Crippen LogP contribution in [0.25, 0.3) is 43.5 Å². The van der Waals surface area contributed by atoms with Crippen molar-refractivity contribution in [3.8, 4) is 0 Å². The molecular weight excluding hydrogens is 572 g/mol. The molecule has 0 amide bonds. The largest absolute Gasteiger partial charge is 0.456 e. The van der Waals surface area contributed by atoms with Crippen LogP contribution in [0.2, 0.25) is 0 Å². The first-order chi connectivity index (χ1) is 23.3. The van der Waals surface area contributed by atoms with Crippen molar-refractivity contribution in [1.82, 2.24) is 0 Å². The molecule has 0 spiro atoms. The van der Waals surface area contributed by atoms with Gasteiger partial charge in [-0.15, -0.1) is 0 Å². The number of benzene rings is 7. The van der Waals surface area contributed by atoms with Crippen molar-refractivity contribution in [1.29, 1.82) is 0 Å². The summed E-state index contributed by atoms with van der Waals surface area (Å²) in [7, 11) is 0. The molecule has 8 aromatic rings. The van der Waals surface area contributed by atoms with Crippen molar-refractivity contribution in [3.63, 3.8) is 0 Å². The van der Waals surface area contributed by atoms with Crippen molar-refractivity contribution in [2.75, 3.05) is 9.80 Å². The van der Waals surface area contributed by atoms with E-state index in [0.29, 0.717) is 0 Å². The summed E-state index contributed by atoms with van der Waals surface area (Å²) >= 11 is 0. The highest BCUT2D eigenvalue weighted by atomic mass is 16.3. The molecular formula is C44H32N2O. The maximum atomic E-state index is 6.96. The van der Waals surface area contributed by atoms with E-state index in [1.54, 1.807) is 0 Å². The molecule has 0 atom stereocenters. The number of anilines is 5. The first-order valence-corrected chi connectivity index (χ1v) is 16.3. The number of para-hydroxylation sites is 3. The van der Waals surface area contributed by atoms with Gasteiger partial charge in [-0.05, 0) is 66.1 Å². The first kappa shape index (κ1) is 27.3. The van der Waals surface area contributed by atoms with Gasteiger partial charge < -0.3 is 14.2 Å². The summed E-state index contributed by atoms with van der Waals surface area (Å²) in [5.41, 5.74) is 8.57. The lowest BCUT2D eigenvalue weighted by atomic mass is 9.96. The summed E-state index contributed by atoms with van der Waals surface area (Å²) in [6.45, 7) is 0. The Morgan fingerprint density at radius 2 is 0.872 bits per heavy atom. The van der Waals surface area contributed by atoms with Crippen molar-refractivity contribution in [2.45, 2.75) is 12.8 Å². The Morgan fingerprint density at radius 1 is 0.447 bits per heavy atom. The molecule has 0 N–H and O–H groups in total. The SMILES string of the molecule is C1=CCCC(N(c2ccccc2)c2cc3oc4cc(N(c5ccccc5)c5ccccc5)c5ccccc5c4c3c3ccccc23)=C1. The van der Waals surface area contributed by atoms with E-state index in [4.69, 9.17) is 4.42 Å². The van der Waals surface area contributed by atoms with Crippen LogP contribution in [0.4, 0.5) is 28.4 Å². The van der Waals surface area contributed by atoms with E-state index in [9.17, 15) is 0 Å². The van der Waals surface area contributed by atoms with Crippen LogP contribution in [0.3, 0.4) is 0 Å². The Bertz CT molecular complexity index is 2420. The van der Waals surface area contributed by atoms with Gasteiger partial charge in [0.15, 0.2) is 0 Å². The van der Waals surface area contributed by atoms with E-state index in [1.807, 2.05) is 0 Å². The Kier molecular flexibility index (Phi) is 6.60. The number of hydrogen-bond acceptors (Lipinski definition) is 3. The molecule has 0 unspecified atom stereocenters. The normalized spacial score (nSPS) is 13.0. The topological polar surface area (TPSA) is 19.6 Å². The molecule has 1 aliphatic rings. The molecule has 1 heterocycles. The number of rotatable bonds is 6. The van der Waals surface area contributed by atoms with Gasteiger partial charge in [0.25, 0.3) is 0 Å². The fraction of sp³-hybridized carbons (Fsp3) is 0.0455. The van der Waals surface area contributed by atoms with Gasteiger partial charge in [-0.25, -0.2) is 0 Å². The molecule has 3 heteroatoms. The molecule has 0 aliphatic heterocycles. The number of fused-ring (bicyclic) bond motifs is 7. The number of allylic oxidation sites excluding steroid dienone is 4. The van der Waals surface area contributed by atoms with E-state index in [1.165, 1.54) is 27.2 Å². The number of nitrogens with zero attached hydrogens (tertiary/aromatic N) is 2. The maximum absolute atomic E-state index is 6.96. The monoisotopic (exact) mass is 604 g/mol. The molecule has 0 saturated carbocycles. The third kappa shape index (κ3) is 4.59. The summed E-state index contributed by atoms with van der Waals surface area (Å²) in [6.07, 6.45) is 8.66. The zero-order valence-electron chi connectivity index (χ0n) is 25.9. The molecule has 0 saturated heterocycles. The van der Waals surface area contributed by atoms with Gasteiger partial charge in [-0.1, -0.05) is 115 Å². The van der Waals surface area contributed by atoms with Crippen LogP contribution in [0.1, 0.15) is 12.8 Å². The molecule has 0 fully saturated rings. The van der Waals surface area contributed by atoms with Gasteiger partial charge in [-0.3, -0.25) is 0 Å². The smallest absolute Gasteiger partial charge is 0.138 e. The summed E-state index contributed by atoms with van der Waals surface area (Å²) in [5.74, 6) is 0. The van der Waals surface area contributed by atoms with E-state index >= 15 is 0 Å². The summed E-state index contributed by atoms with van der Waals surface area (Å²) < 4.78 is 6.96. The van der Waals surface area contributed by atoms with Crippen molar-refractivity contribution in [3.05, 3.63) is 176 Å². The second-order valence-corrected chi connectivity index (χ2v) is 12.0. The number of furan rings is 1. The molecule has 1 aliphatic carbocycles. The second-order valence-electron chi connectivity index (χ2n) is 12.0. The van der Waals surface area contributed by atoms with E-state index < -0.39 is 0 Å². The third-order valence-corrected chi connectivity index (χ3v) is 9.25. The molecule has 9 rings (SSSR count). The molecule has 224 valence electrons. The Morgan fingerprint density at radius 3 is 1.34 bits per heavy atom. The second kappa shape index (κ2) is 11.4. The Labute approximate surface area is 273 Å². The van der Waals surface area contributed by atoms with Crippen LogP contribution in [0.15, 0.2) is 180 Å². The quantitative estimate of drug-likeness (QED) is 0.188. The van der Waals surface area contributed by atoms with Crippen molar-refractivity contribution < 1.29 is 4.42 Å². The Hall–Kier alpha value is -6.06. The van der Waals surface area contributed by atoms with Crippen LogP contribution in [-0.2, 0) is 0 Å². The van der Waals surface area contributed by atoms with Gasteiger partial charge in [0.2, 0.25) is 0 Å². The lowest BCUT2D eigenvalue weighted by Gasteiger charge is -2.30. The molecule has 3 nitrogen and oxygen atoms in total. The van der Waals surface area contributed by atoms with Gasteiger partial charge >= 0.3 is 0 Å². The molecule has 7 aromatic carbocycles. The van der Waals surface area contributed by atoms with Crippen LogP contribution < -0.4 is 9.80 Å². The van der Waals surface area contributed by atoms with Gasteiger partial charge in [-0.2, -0.15) is 0 Å². The van der Waals surface area contributed by atoms with Crippen LogP contribution in [0.5, 0.6) is 0 Å². The molecule has 1 aromatic heterocycles. The Balaban J connectivity index is 1.36. The first-order valence-electron chi connectivity index (χ1n) is 16.3. The van der Waals surface area contributed by atoms with Gasteiger partial charge in [0, 0.05) is 56.4 Å². The highest BCUT2D eigenvalue weighted by Gasteiger charge is 2.24. The molecule has 47 heavy (non-hydrogen) atoms. The predicted molar refractivity (Wildman–Crippen MR) is 198 cm³/mol. The lowest BCUT2D eigenvalue weighted by molar-refractivity contribution is 0.669. The van der Waals surface area contributed by atoms with E-state index in [0.717, 1.165) is 63.2 Å². The zero-order chi connectivity index (χ0) is 31.2. The van der Waals surface area contributed by atoms with E-state index in [-0.39, 0.29) is 0 Å².